The molecule has 4 aromatic rings. The van der Waals surface area contributed by atoms with Crippen molar-refractivity contribution in [1.82, 2.24) is 14.8 Å². The standard InChI is InChI=1S/C26H24N4O2/c1-18-11-13-21(14-12-18)30-24-10-5-9-23(24)25(29-30)26(31)28-19-7-4-8-22(16-19)32-17-20-6-2-3-15-27-20/h2-4,6-8,11-16H,5,9-10,17H2,1H3,(H,28,31). The molecule has 1 aliphatic carbocycles. The topological polar surface area (TPSA) is 69.0 Å². The lowest BCUT2D eigenvalue weighted by Gasteiger charge is -2.09. The maximum Gasteiger partial charge on any atom is 0.276 e. The van der Waals surface area contributed by atoms with Gasteiger partial charge in [-0.15, -0.1) is 0 Å². The minimum Gasteiger partial charge on any atom is -0.487 e. The third kappa shape index (κ3) is 4.12. The van der Waals surface area contributed by atoms with E-state index in [0.29, 0.717) is 23.7 Å². The predicted molar refractivity (Wildman–Crippen MR) is 123 cm³/mol. The molecule has 0 radical (unpaired) electrons. The monoisotopic (exact) mass is 424 g/mol. The lowest BCUT2D eigenvalue weighted by Crippen LogP contribution is -2.15. The van der Waals surface area contributed by atoms with E-state index in [9.17, 15) is 4.79 Å². The van der Waals surface area contributed by atoms with Gasteiger partial charge in [0, 0.05) is 29.2 Å². The van der Waals surface area contributed by atoms with E-state index in [1.165, 1.54) is 5.56 Å². The second kappa shape index (κ2) is 8.67. The van der Waals surface area contributed by atoms with Crippen LogP contribution in [0.15, 0.2) is 72.9 Å². The number of ether oxygens (including phenoxy) is 1. The first-order chi connectivity index (χ1) is 15.7. The van der Waals surface area contributed by atoms with Crippen LogP contribution in [0, 0.1) is 6.92 Å². The average molecular weight is 425 g/mol. The zero-order chi connectivity index (χ0) is 21.9. The van der Waals surface area contributed by atoms with E-state index in [2.05, 4.69) is 29.4 Å². The number of hydrogen-bond acceptors (Lipinski definition) is 4. The van der Waals surface area contributed by atoms with Crippen LogP contribution in [0.4, 0.5) is 5.69 Å². The molecule has 2 aromatic carbocycles. The largest absolute Gasteiger partial charge is 0.487 e. The molecule has 160 valence electrons. The van der Waals surface area contributed by atoms with Crippen molar-refractivity contribution >= 4 is 11.6 Å². The number of amides is 1. The number of nitrogens with one attached hydrogen (secondary N) is 1. The quantitative estimate of drug-likeness (QED) is 0.478. The second-order valence-electron chi connectivity index (χ2n) is 7.97. The summed E-state index contributed by atoms with van der Waals surface area (Å²) >= 11 is 0. The van der Waals surface area contributed by atoms with E-state index in [-0.39, 0.29) is 5.91 Å². The molecule has 0 spiro atoms. The van der Waals surface area contributed by atoms with E-state index in [4.69, 9.17) is 9.84 Å². The zero-order valence-electron chi connectivity index (χ0n) is 17.9. The van der Waals surface area contributed by atoms with Crippen molar-refractivity contribution in [1.29, 1.82) is 0 Å². The molecule has 6 heteroatoms. The Bertz CT molecular complexity index is 1250. The molecule has 1 amide bonds. The minimum absolute atomic E-state index is 0.198. The van der Waals surface area contributed by atoms with E-state index in [1.807, 2.05) is 59.3 Å². The van der Waals surface area contributed by atoms with E-state index in [1.54, 1.807) is 6.20 Å². The summed E-state index contributed by atoms with van der Waals surface area (Å²) < 4.78 is 7.75. The van der Waals surface area contributed by atoms with Crippen LogP contribution in [0.5, 0.6) is 5.75 Å². The van der Waals surface area contributed by atoms with Crippen LogP contribution in [0.2, 0.25) is 0 Å². The van der Waals surface area contributed by atoms with Gasteiger partial charge in [-0.05, 0) is 62.6 Å². The highest BCUT2D eigenvalue weighted by molar-refractivity contribution is 6.04. The van der Waals surface area contributed by atoms with Gasteiger partial charge in [0.05, 0.1) is 11.4 Å². The van der Waals surface area contributed by atoms with Crippen molar-refractivity contribution in [2.45, 2.75) is 32.8 Å². The SMILES string of the molecule is Cc1ccc(-n2nc(C(=O)Nc3cccc(OCc4ccccn4)c3)c3c2CCC3)cc1. The molecule has 0 unspecified atom stereocenters. The van der Waals surface area contributed by atoms with Gasteiger partial charge < -0.3 is 10.1 Å². The van der Waals surface area contributed by atoms with E-state index in [0.717, 1.165) is 41.9 Å². The summed E-state index contributed by atoms with van der Waals surface area (Å²) in [5, 5.41) is 7.68. The number of aromatic nitrogens is 3. The van der Waals surface area contributed by atoms with Crippen LogP contribution in [-0.2, 0) is 19.4 Å². The van der Waals surface area contributed by atoms with Crippen molar-refractivity contribution in [3.05, 3.63) is 101 Å². The average Bonchev–Trinajstić information content (AvgIpc) is 3.42. The van der Waals surface area contributed by atoms with Gasteiger partial charge in [-0.1, -0.05) is 29.8 Å². The zero-order valence-corrected chi connectivity index (χ0v) is 17.9. The number of pyridine rings is 1. The number of benzene rings is 2. The molecule has 0 bridgehead atoms. The van der Waals surface area contributed by atoms with Crippen molar-refractivity contribution in [2.75, 3.05) is 5.32 Å². The fraction of sp³-hybridized carbons (Fsp3) is 0.192. The van der Waals surface area contributed by atoms with Gasteiger partial charge in [0.15, 0.2) is 5.69 Å². The van der Waals surface area contributed by atoms with E-state index < -0.39 is 0 Å². The maximum absolute atomic E-state index is 13.1. The Labute approximate surface area is 186 Å². The fourth-order valence-corrected chi connectivity index (χ4v) is 4.01. The summed E-state index contributed by atoms with van der Waals surface area (Å²) in [6, 6.07) is 21.3. The number of carbonyl (C=O) groups is 1. The molecule has 2 heterocycles. The van der Waals surface area contributed by atoms with Gasteiger partial charge in [0.25, 0.3) is 5.91 Å². The van der Waals surface area contributed by atoms with Gasteiger partial charge in [0.2, 0.25) is 0 Å². The number of fused-ring (bicyclic) bond motifs is 1. The third-order valence-corrected chi connectivity index (χ3v) is 5.63. The Morgan fingerprint density at radius 3 is 2.75 bits per heavy atom. The molecule has 32 heavy (non-hydrogen) atoms. The molecule has 0 atom stereocenters. The van der Waals surface area contributed by atoms with Crippen molar-refractivity contribution in [3.8, 4) is 11.4 Å². The Morgan fingerprint density at radius 2 is 1.94 bits per heavy atom. The lowest BCUT2D eigenvalue weighted by molar-refractivity contribution is 0.102. The van der Waals surface area contributed by atoms with Crippen LogP contribution in [0.1, 0.15) is 39.4 Å². The first-order valence-electron chi connectivity index (χ1n) is 10.8. The van der Waals surface area contributed by atoms with Gasteiger partial charge in [-0.3, -0.25) is 9.78 Å². The molecular formula is C26H24N4O2. The normalized spacial score (nSPS) is 12.4. The number of anilines is 1. The summed E-state index contributed by atoms with van der Waals surface area (Å²) in [7, 11) is 0. The summed E-state index contributed by atoms with van der Waals surface area (Å²) in [4.78, 5) is 17.4. The fourth-order valence-electron chi connectivity index (χ4n) is 4.01. The number of aryl methyl sites for hydroxylation is 1. The predicted octanol–water partition coefficient (Wildman–Crippen LogP) is 4.90. The Hall–Kier alpha value is -3.93. The summed E-state index contributed by atoms with van der Waals surface area (Å²) in [5.74, 6) is 0.472. The number of nitrogens with zero attached hydrogens (tertiary/aromatic N) is 3. The van der Waals surface area contributed by atoms with Crippen LogP contribution in [0.25, 0.3) is 5.69 Å². The van der Waals surface area contributed by atoms with Crippen LogP contribution >= 0.6 is 0 Å². The van der Waals surface area contributed by atoms with Crippen LogP contribution in [-0.4, -0.2) is 20.7 Å². The highest BCUT2D eigenvalue weighted by atomic mass is 16.5. The highest BCUT2D eigenvalue weighted by Gasteiger charge is 2.27. The highest BCUT2D eigenvalue weighted by Crippen LogP contribution is 2.29. The number of hydrogen-bond donors (Lipinski definition) is 1. The smallest absolute Gasteiger partial charge is 0.276 e. The first-order valence-corrected chi connectivity index (χ1v) is 10.8. The van der Waals surface area contributed by atoms with E-state index >= 15 is 0 Å². The molecule has 0 aliphatic heterocycles. The van der Waals surface area contributed by atoms with Crippen molar-refractivity contribution in [3.63, 3.8) is 0 Å². The van der Waals surface area contributed by atoms with Crippen molar-refractivity contribution < 1.29 is 9.53 Å². The molecule has 0 saturated heterocycles. The second-order valence-corrected chi connectivity index (χ2v) is 7.97. The van der Waals surface area contributed by atoms with Crippen LogP contribution in [0.3, 0.4) is 0 Å². The lowest BCUT2D eigenvalue weighted by atomic mass is 10.2. The molecular weight excluding hydrogens is 400 g/mol. The molecule has 0 fully saturated rings. The summed E-state index contributed by atoms with van der Waals surface area (Å²) in [6.07, 6.45) is 4.58. The Kier molecular flexibility index (Phi) is 5.42. The summed E-state index contributed by atoms with van der Waals surface area (Å²) in [5.41, 5.74) is 6.37. The Morgan fingerprint density at radius 1 is 1.06 bits per heavy atom. The molecule has 1 aliphatic rings. The molecule has 5 rings (SSSR count). The first kappa shape index (κ1) is 20.0. The minimum atomic E-state index is -0.198. The molecule has 1 N–H and O–H groups in total. The van der Waals surface area contributed by atoms with Gasteiger partial charge in [-0.25, -0.2) is 4.68 Å². The van der Waals surface area contributed by atoms with Gasteiger partial charge in [-0.2, -0.15) is 5.10 Å². The van der Waals surface area contributed by atoms with Gasteiger partial charge in [0.1, 0.15) is 12.4 Å². The molecule has 0 saturated carbocycles. The van der Waals surface area contributed by atoms with Crippen LogP contribution < -0.4 is 10.1 Å². The molecule has 6 nitrogen and oxygen atoms in total. The maximum atomic E-state index is 13.1. The van der Waals surface area contributed by atoms with Gasteiger partial charge >= 0.3 is 0 Å². The third-order valence-electron chi connectivity index (χ3n) is 5.63. The number of rotatable bonds is 6. The number of carbonyl (C=O) groups excluding carboxylic acids is 1. The summed E-state index contributed by atoms with van der Waals surface area (Å²) in [6.45, 7) is 2.43. The van der Waals surface area contributed by atoms with Crippen molar-refractivity contribution in [2.24, 2.45) is 0 Å². The Balaban J connectivity index is 1.34. The molecule has 2 aromatic heterocycles.